The van der Waals surface area contributed by atoms with Gasteiger partial charge in [-0.1, -0.05) is 33.1 Å². The minimum absolute atomic E-state index is 0.138. The topological polar surface area (TPSA) is 49.3 Å². The lowest BCUT2D eigenvalue weighted by molar-refractivity contribution is -0.136. The van der Waals surface area contributed by atoms with Gasteiger partial charge in [0.1, 0.15) is 0 Å². The zero-order chi connectivity index (χ0) is 14.1. The van der Waals surface area contributed by atoms with Crippen LogP contribution in [0, 0.1) is 0 Å². The molecule has 0 saturated heterocycles. The summed E-state index contributed by atoms with van der Waals surface area (Å²) in [7, 11) is 0. The van der Waals surface area contributed by atoms with Crippen molar-refractivity contribution in [1.82, 2.24) is 5.32 Å². The molecule has 1 unspecified atom stereocenters. The van der Waals surface area contributed by atoms with Gasteiger partial charge in [0.25, 0.3) is 0 Å². The van der Waals surface area contributed by atoms with Gasteiger partial charge in [0.05, 0.1) is 6.42 Å². The summed E-state index contributed by atoms with van der Waals surface area (Å²) in [6.07, 6.45) is 6.30. The SMILES string of the molecule is CCCCC(CCC)NCc1ccc(CC(=O)O)s1. The summed E-state index contributed by atoms with van der Waals surface area (Å²) in [5.74, 6) is -0.756. The number of aliphatic carboxylic acids is 1. The van der Waals surface area contributed by atoms with Gasteiger partial charge in [0.15, 0.2) is 0 Å². The maximum Gasteiger partial charge on any atom is 0.308 e. The van der Waals surface area contributed by atoms with Crippen molar-refractivity contribution in [2.24, 2.45) is 0 Å². The van der Waals surface area contributed by atoms with Crippen molar-refractivity contribution < 1.29 is 9.90 Å². The highest BCUT2D eigenvalue weighted by Gasteiger charge is 2.08. The molecule has 0 radical (unpaired) electrons. The van der Waals surface area contributed by atoms with Gasteiger partial charge in [-0.25, -0.2) is 0 Å². The summed E-state index contributed by atoms with van der Waals surface area (Å²) in [5.41, 5.74) is 0. The van der Waals surface area contributed by atoms with Crippen LogP contribution in [-0.4, -0.2) is 17.1 Å². The summed E-state index contributed by atoms with van der Waals surface area (Å²) in [6.45, 7) is 5.30. The number of hydrogen-bond acceptors (Lipinski definition) is 3. The number of hydrogen-bond donors (Lipinski definition) is 2. The molecule has 1 aromatic rings. The smallest absolute Gasteiger partial charge is 0.308 e. The van der Waals surface area contributed by atoms with Crippen LogP contribution in [0.5, 0.6) is 0 Å². The van der Waals surface area contributed by atoms with Crippen LogP contribution in [0.3, 0.4) is 0 Å². The molecule has 0 aliphatic heterocycles. The molecule has 108 valence electrons. The Morgan fingerprint density at radius 1 is 1.26 bits per heavy atom. The normalized spacial score (nSPS) is 12.5. The lowest BCUT2D eigenvalue weighted by Crippen LogP contribution is -2.28. The molecule has 0 aromatic carbocycles. The van der Waals surface area contributed by atoms with E-state index in [1.165, 1.54) is 37.0 Å². The first-order valence-electron chi connectivity index (χ1n) is 7.18. The van der Waals surface area contributed by atoms with Crippen molar-refractivity contribution >= 4 is 17.3 Å². The van der Waals surface area contributed by atoms with E-state index in [0.717, 1.165) is 11.4 Å². The van der Waals surface area contributed by atoms with Crippen molar-refractivity contribution in [2.75, 3.05) is 0 Å². The zero-order valence-electron chi connectivity index (χ0n) is 11.9. The van der Waals surface area contributed by atoms with E-state index in [1.807, 2.05) is 12.1 Å². The second-order valence-corrected chi connectivity index (χ2v) is 6.20. The molecule has 0 bridgehead atoms. The Morgan fingerprint density at radius 2 is 2.00 bits per heavy atom. The van der Waals surface area contributed by atoms with Crippen molar-refractivity contribution in [3.8, 4) is 0 Å². The van der Waals surface area contributed by atoms with Crippen LogP contribution in [0.1, 0.15) is 55.7 Å². The first kappa shape index (κ1) is 16.2. The Kier molecular flexibility index (Phi) is 7.75. The lowest BCUT2D eigenvalue weighted by atomic mass is 10.1. The molecular weight excluding hydrogens is 258 g/mol. The number of rotatable bonds is 10. The largest absolute Gasteiger partial charge is 0.481 e. The molecular formula is C15H25NO2S. The molecule has 2 N–H and O–H groups in total. The summed E-state index contributed by atoms with van der Waals surface area (Å²) >= 11 is 1.60. The fraction of sp³-hybridized carbons (Fsp3) is 0.667. The number of carbonyl (C=O) groups is 1. The Bertz CT molecular complexity index is 376. The van der Waals surface area contributed by atoms with E-state index in [9.17, 15) is 4.79 Å². The predicted molar refractivity (Wildman–Crippen MR) is 80.7 cm³/mol. The molecule has 3 nitrogen and oxygen atoms in total. The van der Waals surface area contributed by atoms with Crippen LogP contribution in [-0.2, 0) is 17.8 Å². The zero-order valence-corrected chi connectivity index (χ0v) is 12.8. The molecule has 0 aliphatic rings. The average molecular weight is 283 g/mol. The molecule has 0 amide bonds. The van der Waals surface area contributed by atoms with Crippen LogP contribution in [0.15, 0.2) is 12.1 Å². The highest BCUT2D eigenvalue weighted by atomic mass is 32.1. The molecule has 0 spiro atoms. The number of carboxylic acid groups (broad SMARTS) is 1. The Morgan fingerprint density at radius 3 is 2.63 bits per heavy atom. The van der Waals surface area contributed by atoms with E-state index in [4.69, 9.17) is 5.11 Å². The summed E-state index contributed by atoms with van der Waals surface area (Å²) in [5, 5.41) is 12.4. The van der Waals surface area contributed by atoms with Gasteiger partial charge in [-0.2, -0.15) is 0 Å². The maximum atomic E-state index is 10.6. The second-order valence-electron chi connectivity index (χ2n) is 4.95. The molecule has 0 aliphatic carbocycles. The van der Waals surface area contributed by atoms with Crippen molar-refractivity contribution in [1.29, 1.82) is 0 Å². The highest BCUT2D eigenvalue weighted by Crippen LogP contribution is 2.18. The first-order chi connectivity index (χ1) is 9.15. The Hall–Kier alpha value is -0.870. The molecule has 1 aromatic heterocycles. The van der Waals surface area contributed by atoms with E-state index < -0.39 is 5.97 Å². The number of nitrogens with one attached hydrogen (secondary N) is 1. The van der Waals surface area contributed by atoms with E-state index >= 15 is 0 Å². The number of thiophene rings is 1. The maximum absolute atomic E-state index is 10.6. The van der Waals surface area contributed by atoms with Crippen LogP contribution >= 0.6 is 11.3 Å². The van der Waals surface area contributed by atoms with Gasteiger partial charge in [0.2, 0.25) is 0 Å². The monoisotopic (exact) mass is 283 g/mol. The third kappa shape index (κ3) is 6.73. The molecule has 1 rings (SSSR count). The van der Waals surface area contributed by atoms with Gasteiger partial charge in [-0.05, 0) is 25.0 Å². The fourth-order valence-electron chi connectivity index (χ4n) is 2.15. The summed E-state index contributed by atoms with van der Waals surface area (Å²) in [6, 6.07) is 4.56. The Balaban J connectivity index is 2.40. The number of carboxylic acids is 1. The highest BCUT2D eigenvalue weighted by molar-refractivity contribution is 7.12. The lowest BCUT2D eigenvalue weighted by Gasteiger charge is -2.17. The predicted octanol–water partition coefficient (Wildman–Crippen LogP) is 3.82. The summed E-state index contributed by atoms with van der Waals surface area (Å²) < 4.78 is 0. The average Bonchev–Trinajstić information content (AvgIpc) is 2.79. The van der Waals surface area contributed by atoms with E-state index in [1.54, 1.807) is 11.3 Å². The molecule has 1 atom stereocenters. The molecule has 0 fully saturated rings. The third-order valence-electron chi connectivity index (χ3n) is 3.15. The summed E-state index contributed by atoms with van der Waals surface area (Å²) in [4.78, 5) is 12.8. The Labute approximate surface area is 120 Å². The third-order valence-corrected chi connectivity index (χ3v) is 4.24. The first-order valence-corrected chi connectivity index (χ1v) is 8.00. The van der Waals surface area contributed by atoms with Gasteiger partial charge in [-0.3, -0.25) is 4.79 Å². The minimum atomic E-state index is -0.756. The van der Waals surface area contributed by atoms with Crippen LogP contribution < -0.4 is 5.32 Å². The fourth-order valence-corrected chi connectivity index (χ4v) is 3.11. The van der Waals surface area contributed by atoms with Gasteiger partial charge in [0, 0.05) is 22.3 Å². The van der Waals surface area contributed by atoms with E-state index in [0.29, 0.717) is 6.04 Å². The van der Waals surface area contributed by atoms with Crippen LogP contribution in [0.2, 0.25) is 0 Å². The molecule has 4 heteroatoms. The van der Waals surface area contributed by atoms with Crippen molar-refractivity contribution in [2.45, 2.75) is 65.0 Å². The standard InChI is InChI=1S/C15H25NO2S/c1-3-5-7-12(6-4-2)16-11-14-9-8-13(19-14)10-15(17)18/h8-9,12,16H,3-7,10-11H2,1-2H3,(H,17,18). The van der Waals surface area contributed by atoms with Crippen molar-refractivity contribution in [3.05, 3.63) is 21.9 Å². The van der Waals surface area contributed by atoms with Crippen molar-refractivity contribution in [3.63, 3.8) is 0 Å². The van der Waals surface area contributed by atoms with Gasteiger partial charge in [-0.15, -0.1) is 11.3 Å². The number of unbranched alkanes of at least 4 members (excludes halogenated alkanes) is 1. The van der Waals surface area contributed by atoms with Crippen LogP contribution in [0.4, 0.5) is 0 Å². The van der Waals surface area contributed by atoms with E-state index in [2.05, 4.69) is 19.2 Å². The van der Waals surface area contributed by atoms with Gasteiger partial charge >= 0.3 is 5.97 Å². The van der Waals surface area contributed by atoms with E-state index in [-0.39, 0.29) is 6.42 Å². The van der Waals surface area contributed by atoms with Gasteiger partial charge < -0.3 is 10.4 Å². The minimum Gasteiger partial charge on any atom is -0.481 e. The molecule has 1 heterocycles. The molecule has 0 saturated carbocycles. The second kappa shape index (κ2) is 9.10. The molecule has 19 heavy (non-hydrogen) atoms. The quantitative estimate of drug-likeness (QED) is 0.686. The van der Waals surface area contributed by atoms with Crippen LogP contribution in [0.25, 0.3) is 0 Å².